The lowest BCUT2D eigenvalue weighted by Crippen LogP contribution is -2.46. The van der Waals surface area contributed by atoms with Gasteiger partial charge in [0.05, 0.1) is 16.8 Å². The molecular formula is C15H21BrN4O. The number of ether oxygens (including phenoxy) is 1. The quantitative estimate of drug-likeness (QED) is 0.812. The van der Waals surface area contributed by atoms with Crippen LogP contribution in [0.3, 0.4) is 0 Å². The summed E-state index contributed by atoms with van der Waals surface area (Å²) in [5.41, 5.74) is 2.20. The second kappa shape index (κ2) is 6.77. The van der Waals surface area contributed by atoms with Gasteiger partial charge in [-0.2, -0.15) is 0 Å². The van der Waals surface area contributed by atoms with E-state index in [0.29, 0.717) is 6.04 Å². The molecule has 1 unspecified atom stereocenters. The third kappa shape index (κ3) is 3.22. The second-order valence-electron chi connectivity index (χ2n) is 5.43. The minimum absolute atomic E-state index is 0.517. The van der Waals surface area contributed by atoms with E-state index in [2.05, 4.69) is 42.2 Å². The summed E-state index contributed by atoms with van der Waals surface area (Å²) in [5.74, 6) is 0. The number of rotatable bonds is 5. The number of aromatic amines is 1. The Hall–Kier alpha value is -1.11. The van der Waals surface area contributed by atoms with Gasteiger partial charge >= 0.3 is 0 Å². The number of nitrogens with zero attached hydrogens (tertiary/aromatic N) is 2. The third-order valence-corrected chi connectivity index (χ3v) is 4.57. The van der Waals surface area contributed by atoms with Gasteiger partial charge < -0.3 is 19.9 Å². The van der Waals surface area contributed by atoms with Crippen LogP contribution in [0.1, 0.15) is 12.8 Å². The summed E-state index contributed by atoms with van der Waals surface area (Å²) in [6.45, 7) is 3.78. The number of nitrogens with one attached hydrogen (secondary N) is 2. The Morgan fingerprint density at radius 2 is 2.48 bits per heavy atom. The van der Waals surface area contributed by atoms with E-state index in [0.717, 1.165) is 36.4 Å². The SMILES string of the molecule is COCCNC1CCCN(c2c(Br)cnc3[nH]ccc23)C1. The van der Waals surface area contributed by atoms with Crippen LogP contribution in [0.25, 0.3) is 11.0 Å². The molecule has 0 aliphatic carbocycles. The first-order chi connectivity index (χ1) is 10.3. The van der Waals surface area contributed by atoms with E-state index in [9.17, 15) is 0 Å². The predicted molar refractivity (Wildman–Crippen MR) is 88.9 cm³/mol. The number of anilines is 1. The summed E-state index contributed by atoms with van der Waals surface area (Å²) < 4.78 is 6.18. The average molecular weight is 353 g/mol. The number of H-pyrrole nitrogens is 1. The maximum Gasteiger partial charge on any atom is 0.139 e. The number of methoxy groups -OCH3 is 1. The highest BCUT2D eigenvalue weighted by Crippen LogP contribution is 2.34. The first-order valence-electron chi connectivity index (χ1n) is 7.38. The molecule has 0 amide bonds. The number of halogens is 1. The monoisotopic (exact) mass is 352 g/mol. The van der Waals surface area contributed by atoms with Gasteiger partial charge in [-0.15, -0.1) is 0 Å². The summed E-state index contributed by atoms with van der Waals surface area (Å²) in [4.78, 5) is 10.1. The lowest BCUT2D eigenvalue weighted by molar-refractivity contribution is 0.194. The van der Waals surface area contributed by atoms with E-state index in [1.165, 1.54) is 23.9 Å². The van der Waals surface area contributed by atoms with Crippen LogP contribution in [-0.4, -0.2) is 49.4 Å². The molecule has 0 spiro atoms. The molecule has 5 nitrogen and oxygen atoms in total. The lowest BCUT2D eigenvalue weighted by Gasteiger charge is -2.35. The van der Waals surface area contributed by atoms with E-state index in [-0.39, 0.29) is 0 Å². The van der Waals surface area contributed by atoms with Crippen LogP contribution < -0.4 is 10.2 Å². The van der Waals surface area contributed by atoms with Crippen molar-refractivity contribution in [3.8, 4) is 0 Å². The third-order valence-electron chi connectivity index (χ3n) is 3.99. The molecule has 114 valence electrons. The standard InChI is InChI=1S/C15H21BrN4O/c1-21-8-6-17-11-3-2-7-20(10-11)14-12-4-5-18-15(12)19-9-13(14)16/h4-5,9,11,17H,2-3,6-8,10H2,1H3,(H,18,19). The molecule has 2 aromatic heterocycles. The zero-order chi connectivity index (χ0) is 14.7. The molecular weight excluding hydrogens is 332 g/mol. The maximum atomic E-state index is 5.11. The molecule has 6 heteroatoms. The van der Waals surface area contributed by atoms with Crippen molar-refractivity contribution in [1.29, 1.82) is 0 Å². The summed E-state index contributed by atoms with van der Waals surface area (Å²) in [6.07, 6.45) is 6.26. The lowest BCUT2D eigenvalue weighted by atomic mass is 10.0. The van der Waals surface area contributed by atoms with Crippen LogP contribution in [-0.2, 0) is 4.74 Å². The van der Waals surface area contributed by atoms with Gasteiger partial charge in [0.25, 0.3) is 0 Å². The highest BCUT2D eigenvalue weighted by atomic mass is 79.9. The fourth-order valence-corrected chi connectivity index (χ4v) is 3.57. The Bertz CT molecular complexity index is 600. The summed E-state index contributed by atoms with van der Waals surface area (Å²) in [7, 11) is 1.74. The van der Waals surface area contributed by atoms with E-state index < -0.39 is 0 Å². The minimum atomic E-state index is 0.517. The Morgan fingerprint density at radius 3 is 3.33 bits per heavy atom. The number of fused-ring (bicyclic) bond motifs is 1. The first-order valence-corrected chi connectivity index (χ1v) is 8.17. The highest BCUT2D eigenvalue weighted by molar-refractivity contribution is 9.10. The normalized spacial score (nSPS) is 19.3. The smallest absolute Gasteiger partial charge is 0.139 e. The number of hydrogen-bond acceptors (Lipinski definition) is 4. The van der Waals surface area contributed by atoms with Crippen molar-refractivity contribution in [3.63, 3.8) is 0 Å². The Labute approximate surface area is 133 Å². The van der Waals surface area contributed by atoms with E-state index in [1.807, 2.05) is 12.4 Å². The molecule has 0 aromatic carbocycles. The van der Waals surface area contributed by atoms with Crippen molar-refractivity contribution in [1.82, 2.24) is 15.3 Å². The zero-order valence-electron chi connectivity index (χ0n) is 12.2. The Morgan fingerprint density at radius 1 is 1.57 bits per heavy atom. The average Bonchev–Trinajstić information content (AvgIpc) is 2.96. The van der Waals surface area contributed by atoms with Crippen molar-refractivity contribution in [2.24, 2.45) is 0 Å². The minimum Gasteiger partial charge on any atom is -0.383 e. The molecule has 3 heterocycles. The second-order valence-corrected chi connectivity index (χ2v) is 6.28. The van der Waals surface area contributed by atoms with E-state index in [1.54, 1.807) is 7.11 Å². The molecule has 1 aliphatic rings. The number of piperidine rings is 1. The molecule has 2 aromatic rings. The maximum absolute atomic E-state index is 5.11. The number of hydrogen-bond donors (Lipinski definition) is 2. The van der Waals surface area contributed by atoms with Gasteiger partial charge in [0.15, 0.2) is 0 Å². The van der Waals surface area contributed by atoms with Gasteiger partial charge in [0, 0.05) is 50.6 Å². The highest BCUT2D eigenvalue weighted by Gasteiger charge is 2.23. The van der Waals surface area contributed by atoms with E-state index >= 15 is 0 Å². The Balaban J connectivity index is 1.78. The van der Waals surface area contributed by atoms with Gasteiger partial charge in [-0.25, -0.2) is 4.98 Å². The first kappa shape index (κ1) is 14.8. The summed E-state index contributed by atoms with van der Waals surface area (Å²) in [6, 6.07) is 2.62. The summed E-state index contributed by atoms with van der Waals surface area (Å²) in [5, 5.41) is 4.76. The molecule has 1 fully saturated rings. The van der Waals surface area contributed by atoms with E-state index in [4.69, 9.17) is 4.74 Å². The molecule has 21 heavy (non-hydrogen) atoms. The molecule has 2 N–H and O–H groups in total. The largest absolute Gasteiger partial charge is 0.383 e. The number of pyridine rings is 1. The summed E-state index contributed by atoms with van der Waals surface area (Å²) >= 11 is 3.66. The predicted octanol–water partition coefficient (Wildman–Crippen LogP) is 2.53. The van der Waals surface area contributed by atoms with Crippen molar-refractivity contribution in [2.45, 2.75) is 18.9 Å². The molecule has 1 atom stereocenters. The molecule has 1 saturated heterocycles. The van der Waals surface area contributed by atoms with Crippen molar-refractivity contribution in [3.05, 3.63) is 22.9 Å². The van der Waals surface area contributed by atoms with Crippen LogP contribution in [0.15, 0.2) is 22.9 Å². The van der Waals surface area contributed by atoms with Gasteiger partial charge in [-0.05, 0) is 34.8 Å². The van der Waals surface area contributed by atoms with Crippen molar-refractivity contribution >= 4 is 32.7 Å². The van der Waals surface area contributed by atoms with Crippen molar-refractivity contribution in [2.75, 3.05) is 38.3 Å². The van der Waals surface area contributed by atoms with Crippen LogP contribution in [0.5, 0.6) is 0 Å². The van der Waals surface area contributed by atoms with Gasteiger partial charge in [0.1, 0.15) is 5.65 Å². The topological polar surface area (TPSA) is 53.2 Å². The van der Waals surface area contributed by atoms with Gasteiger partial charge in [-0.1, -0.05) is 0 Å². The van der Waals surface area contributed by atoms with Gasteiger partial charge in [0.2, 0.25) is 0 Å². The fraction of sp³-hybridized carbons (Fsp3) is 0.533. The van der Waals surface area contributed by atoms with Crippen LogP contribution >= 0.6 is 15.9 Å². The molecule has 1 aliphatic heterocycles. The van der Waals surface area contributed by atoms with Crippen LogP contribution in [0.2, 0.25) is 0 Å². The zero-order valence-corrected chi connectivity index (χ0v) is 13.8. The molecule has 0 radical (unpaired) electrons. The molecule has 0 saturated carbocycles. The van der Waals surface area contributed by atoms with Crippen LogP contribution in [0, 0.1) is 0 Å². The Kier molecular flexibility index (Phi) is 4.77. The fourth-order valence-electron chi connectivity index (χ4n) is 3.00. The molecule has 0 bridgehead atoms. The van der Waals surface area contributed by atoms with Crippen molar-refractivity contribution < 1.29 is 4.74 Å². The number of aromatic nitrogens is 2. The molecule has 3 rings (SSSR count). The van der Waals surface area contributed by atoms with Crippen LogP contribution in [0.4, 0.5) is 5.69 Å². The van der Waals surface area contributed by atoms with Gasteiger partial charge in [-0.3, -0.25) is 0 Å².